The molecule has 0 aromatic rings. The Kier molecular flexibility index (Phi) is 4.47. The summed E-state index contributed by atoms with van der Waals surface area (Å²) in [5.41, 5.74) is 0. The van der Waals surface area contributed by atoms with Crippen LogP contribution >= 0.6 is 0 Å². The molecule has 0 amide bonds. The van der Waals surface area contributed by atoms with Crippen LogP contribution in [0.3, 0.4) is 0 Å². The van der Waals surface area contributed by atoms with Crippen LogP contribution in [0.5, 0.6) is 0 Å². The number of terminal acetylenes is 1. The van der Waals surface area contributed by atoms with E-state index in [1.807, 2.05) is 0 Å². The lowest BCUT2D eigenvalue weighted by Gasteiger charge is -2.16. The van der Waals surface area contributed by atoms with E-state index in [9.17, 15) is 8.42 Å². The Morgan fingerprint density at radius 1 is 1.62 bits per heavy atom. The Labute approximate surface area is 79.2 Å². The van der Waals surface area contributed by atoms with Gasteiger partial charge in [-0.2, -0.15) is 9.57 Å². The first-order valence-electron chi connectivity index (χ1n) is 3.78. The molecule has 0 saturated carbocycles. The molecule has 0 rings (SSSR count). The highest BCUT2D eigenvalue weighted by Crippen LogP contribution is 2.08. The van der Waals surface area contributed by atoms with Gasteiger partial charge >= 0.3 is 0 Å². The van der Waals surface area contributed by atoms with E-state index in [4.69, 9.17) is 11.7 Å². The molecule has 4 nitrogen and oxygen atoms in total. The molecule has 0 N–H and O–H groups in total. The lowest BCUT2D eigenvalue weighted by atomic mass is 10.4. The average Bonchev–Trinajstić information content (AvgIpc) is 2.06. The number of hydrogen-bond donors (Lipinski definition) is 0. The summed E-state index contributed by atoms with van der Waals surface area (Å²) in [7, 11) is -2.16. The summed E-state index contributed by atoms with van der Waals surface area (Å²) in [6.07, 6.45) is 5.24. The first kappa shape index (κ1) is 12.0. The Morgan fingerprint density at radius 2 is 2.15 bits per heavy atom. The van der Waals surface area contributed by atoms with E-state index >= 15 is 0 Å². The molecule has 0 fully saturated rings. The van der Waals surface area contributed by atoms with E-state index in [1.165, 1.54) is 7.05 Å². The van der Waals surface area contributed by atoms with Crippen LogP contribution in [0.4, 0.5) is 0 Å². The predicted molar refractivity (Wildman–Crippen MR) is 50.1 cm³/mol. The summed E-state index contributed by atoms with van der Waals surface area (Å²) in [5, 5.41) is 7.58. The average molecular weight is 200 g/mol. The van der Waals surface area contributed by atoms with Gasteiger partial charge in [-0.15, -0.1) is 6.42 Å². The highest BCUT2D eigenvalue weighted by atomic mass is 32.2. The van der Waals surface area contributed by atoms with Crippen LogP contribution < -0.4 is 0 Å². The largest absolute Gasteiger partial charge is 0.231 e. The van der Waals surface area contributed by atoms with E-state index in [0.717, 1.165) is 4.31 Å². The van der Waals surface area contributed by atoms with Gasteiger partial charge in [-0.1, -0.05) is 12.8 Å². The summed E-state index contributed by atoms with van der Waals surface area (Å²) in [5.74, 6) is 2.21. The van der Waals surface area contributed by atoms with Crippen molar-refractivity contribution in [3.63, 3.8) is 0 Å². The number of nitrogens with zero attached hydrogens (tertiary/aromatic N) is 2. The second-order valence-corrected chi connectivity index (χ2v) is 4.75. The Hall–Kier alpha value is -1.04. The van der Waals surface area contributed by atoms with Gasteiger partial charge in [0.15, 0.2) is 5.25 Å². The minimum absolute atomic E-state index is 0.000509. The van der Waals surface area contributed by atoms with E-state index in [-0.39, 0.29) is 13.0 Å². The maximum absolute atomic E-state index is 11.5. The molecule has 0 spiro atoms. The van der Waals surface area contributed by atoms with Crippen molar-refractivity contribution < 1.29 is 8.42 Å². The summed E-state index contributed by atoms with van der Waals surface area (Å²) in [4.78, 5) is 0. The molecule has 1 atom stereocenters. The van der Waals surface area contributed by atoms with Gasteiger partial charge in [0.05, 0.1) is 12.6 Å². The fraction of sp³-hybridized carbons (Fsp3) is 0.625. The molecule has 0 aromatic heterocycles. The van der Waals surface area contributed by atoms with Crippen molar-refractivity contribution in [1.29, 1.82) is 5.26 Å². The van der Waals surface area contributed by atoms with Gasteiger partial charge in [0.25, 0.3) is 0 Å². The molecule has 0 aromatic carbocycles. The van der Waals surface area contributed by atoms with Crippen LogP contribution in [0.15, 0.2) is 0 Å². The normalized spacial score (nSPS) is 13.3. The highest BCUT2D eigenvalue weighted by molar-refractivity contribution is 7.89. The molecule has 0 bridgehead atoms. The van der Waals surface area contributed by atoms with Gasteiger partial charge in [0, 0.05) is 7.05 Å². The number of rotatable bonds is 4. The van der Waals surface area contributed by atoms with Crippen LogP contribution in [0.2, 0.25) is 0 Å². The molecule has 1 unspecified atom stereocenters. The van der Waals surface area contributed by atoms with Crippen molar-refractivity contribution in [3.05, 3.63) is 0 Å². The number of hydrogen-bond acceptors (Lipinski definition) is 3. The summed E-state index contributed by atoms with van der Waals surface area (Å²) < 4.78 is 24.0. The smallest absolute Gasteiger partial charge is 0.211 e. The second-order valence-electron chi connectivity index (χ2n) is 2.53. The van der Waals surface area contributed by atoms with Crippen molar-refractivity contribution in [1.82, 2.24) is 4.31 Å². The lowest BCUT2D eigenvalue weighted by Crippen LogP contribution is -2.35. The number of nitriles is 1. The first-order valence-corrected chi connectivity index (χ1v) is 5.29. The van der Waals surface area contributed by atoms with Gasteiger partial charge in [-0.05, 0) is 6.42 Å². The van der Waals surface area contributed by atoms with Crippen molar-refractivity contribution in [3.8, 4) is 18.4 Å². The van der Waals surface area contributed by atoms with Gasteiger partial charge in [-0.3, -0.25) is 0 Å². The third-order valence-electron chi connectivity index (χ3n) is 1.62. The van der Waals surface area contributed by atoms with E-state index in [1.54, 1.807) is 13.0 Å². The predicted octanol–water partition coefficient (Wildman–Crippen LogP) is 0.183. The van der Waals surface area contributed by atoms with Crippen LogP contribution in [0.1, 0.15) is 13.3 Å². The fourth-order valence-corrected chi connectivity index (χ4v) is 2.05. The summed E-state index contributed by atoms with van der Waals surface area (Å²) in [6, 6.07) is 1.73. The van der Waals surface area contributed by atoms with Crippen molar-refractivity contribution in [2.45, 2.75) is 18.6 Å². The van der Waals surface area contributed by atoms with Gasteiger partial charge in [0.2, 0.25) is 10.0 Å². The molecule has 0 aliphatic carbocycles. The third kappa shape index (κ3) is 2.73. The minimum atomic E-state index is -3.53. The van der Waals surface area contributed by atoms with Gasteiger partial charge in [0.1, 0.15) is 0 Å². The Bertz CT molecular complexity index is 334. The Morgan fingerprint density at radius 3 is 2.46 bits per heavy atom. The van der Waals surface area contributed by atoms with E-state index < -0.39 is 15.3 Å². The van der Waals surface area contributed by atoms with Crippen LogP contribution in [-0.4, -0.2) is 31.6 Å². The lowest BCUT2D eigenvalue weighted by molar-refractivity contribution is 0.495. The summed E-state index contributed by atoms with van der Waals surface area (Å²) in [6.45, 7) is 1.65. The van der Waals surface area contributed by atoms with Crippen molar-refractivity contribution >= 4 is 10.0 Å². The minimum Gasteiger partial charge on any atom is -0.211 e. The highest BCUT2D eigenvalue weighted by Gasteiger charge is 2.27. The molecule has 72 valence electrons. The van der Waals surface area contributed by atoms with Crippen molar-refractivity contribution in [2.75, 3.05) is 13.6 Å². The van der Waals surface area contributed by atoms with E-state index in [0.29, 0.717) is 0 Å². The molecule has 0 radical (unpaired) electrons. The van der Waals surface area contributed by atoms with E-state index in [2.05, 4.69) is 5.92 Å². The van der Waals surface area contributed by atoms with Crippen LogP contribution in [-0.2, 0) is 10.0 Å². The molecular formula is C8H12N2O2S. The third-order valence-corrected chi connectivity index (χ3v) is 3.78. The molecule has 0 saturated heterocycles. The zero-order valence-electron chi connectivity index (χ0n) is 7.69. The molecule has 0 aliphatic rings. The molecular weight excluding hydrogens is 188 g/mol. The molecule has 13 heavy (non-hydrogen) atoms. The maximum Gasteiger partial charge on any atom is 0.231 e. The van der Waals surface area contributed by atoms with Gasteiger partial charge < -0.3 is 0 Å². The van der Waals surface area contributed by atoms with Crippen molar-refractivity contribution in [2.24, 2.45) is 0 Å². The SMILES string of the molecule is C#CCN(C)S(=O)(=O)C(C#N)CC. The van der Waals surface area contributed by atoms with Gasteiger partial charge in [-0.25, -0.2) is 8.42 Å². The summed E-state index contributed by atoms with van der Waals surface area (Å²) >= 11 is 0. The maximum atomic E-state index is 11.5. The zero-order chi connectivity index (χ0) is 10.5. The zero-order valence-corrected chi connectivity index (χ0v) is 8.50. The van der Waals surface area contributed by atoms with Crippen LogP contribution in [0.25, 0.3) is 0 Å². The quantitative estimate of drug-likeness (QED) is 0.608. The molecule has 0 aliphatic heterocycles. The number of sulfonamides is 1. The van der Waals surface area contributed by atoms with Crippen LogP contribution in [0, 0.1) is 23.7 Å². The fourth-order valence-electron chi connectivity index (χ4n) is 0.804. The topological polar surface area (TPSA) is 61.2 Å². The first-order chi connectivity index (χ1) is 6.00. The molecule has 5 heteroatoms. The second kappa shape index (κ2) is 4.86. The Balaban J connectivity index is 4.79. The monoisotopic (exact) mass is 200 g/mol. The molecule has 0 heterocycles. The standard InChI is InChI=1S/C8H12N2O2S/c1-4-6-10(3)13(11,12)8(5-2)7-9/h1,8H,5-6H2,2-3H3.